The van der Waals surface area contributed by atoms with Crippen LogP contribution in [0.1, 0.15) is 21.8 Å². The summed E-state index contributed by atoms with van der Waals surface area (Å²) in [6, 6.07) is 10.3. The first-order chi connectivity index (χ1) is 13.7. The van der Waals surface area contributed by atoms with Gasteiger partial charge in [0.15, 0.2) is 0 Å². The summed E-state index contributed by atoms with van der Waals surface area (Å²) in [5.41, 5.74) is 0.853. The average Bonchev–Trinajstić information content (AvgIpc) is 3.07. The zero-order chi connectivity index (χ0) is 21.2. The Labute approximate surface area is 172 Å². The minimum absolute atomic E-state index is 0.0347. The third-order valence-corrected chi connectivity index (χ3v) is 5.72. The molecular weight excluding hydrogens is 421 g/mol. The lowest BCUT2D eigenvalue weighted by atomic mass is 10.1. The van der Waals surface area contributed by atoms with E-state index in [1.807, 2.05) is 0 Å². The summed E-state index contributed by atoms with van der Waals surface area (Å²) in [5.74, 6) is -0.283. The fraction of sp³-hybridized carbons (Fsp3) is 0.158. The molecule has 0 fully saturated rings. The van der Waals surface area contributed by atoms with E-state index in [1.54, 1.807) is 20.0 Å². The van der Waals surface area contributed by atoms with Crippen LogP contribution in [0.3, 0.4) is 0 Å². The summed E-state index contributed by atoms with van der Waals surface area (Å²) < 4.78 is 45.4. The van der Waals surface area contributed by atoms with E-state index in [9.17, 15) is 17.6 Å². The maximum absolute atomic E-state index is 13.1. The fourth-order valence-electron chi connectivity index (χ4n) is 2.58. The van der Waals surface area contributed by atoms with Gasteiger partial charge in [0, 0.05) is 18.7 Å². The molecule has 0 aliphatic heterocycles. The number of hydrogen-bond donors (Lipinski definition) is 1. The van der Waals surface area contributed by atoms with E-state index >= 15 is 0 Å². The Balaban J connectivity index is 1.81. The van der Waals surface area contributed by atoms with Gasteiger partial charge in [0.1, 0.15) is 17.3 Å². The molecule has 0 aliphatic carbocycles. The second-order valence-corrected chi connectivity index (χ2v) is 8.43. The van der Waals surface area contributed by atoms with Crippen LogP contribution in [0.15, 0.2) is 57.9 Å². The van der Waals surface area contributed by atoms with Gasteiger partial charge in [-0.2, -0.15) is 0 Å². The Morgan fingerprint density at radius 2 is 1.90 bits per heavy atom. The van der Waals surface area contributed by atoms with Crippen molar-refractivity contribution in [2.75, 3.05) is 11.8 Å². The first-order valence-corrected chi connectivity index (χ1v) is 10.3. The van der Waals surface area contributed by atoms with Crippen molar-refractivity contribution < 1.29 is 22.1 Å². The van der Waals surface area contributed by atoms with Crippen LogP contribution in [0, 0.1) is 12.7 Å². The van der Waals surface area contributed by atoms with Gasteiger partial charge < -0.3 is 9.42 Å². The highest BCUT2D eigenvalue weighted by atomic mass is 35.5. The molecule has 0 aliphatic rings. The maximum Gasteiger partial charge on any atom is 0.261 e. The van der Waals surface area contributed by atoms with Crippen LogP contribution in [-0.4, -0.2) is 31.4 Å². The van der Waals surface area contributed by atoms with Crippen LogP contribution < -0.4 is 4.72 Å². The highest BCUT2D eigenvalue weighted by Gasteiger charge is 2.19. The molecule has 0 bridgehead atoms. The van der Waals surface area contributed by atoms with Crippen molar-refractivity contribution in [3.05, 3.63) is 76.4 Å². The van der Waals surface area contributed by atoms with E-state index in [2.05, 4.69) is 9.88 Å². The summed E-state index contributed by atoms with van der Waals surface area (Å²) in [4.78, 5) is 14.0. The number of rotatable bonds is 6. The topological polar surface area (TPSA) is 92.5 Å². The molecule has 1 N–H and O–H groups in total. The standard InChI is InChI=1S/C19H17ClFN3O4S/c1-12-9-15(22-28-12)11-24(2)19(25)13-3-8-17(20)18(10-13)23-29(26,27)16-6-4-14(21)5-7-16/h3-10,23H,11H2,1-2H3. The molecule has 0 saturated carbocycles. The van der Waals surface area contributed by atoms with Crippen molar-refractivity contribution in [2.45, 2.75) is 18.4 Å². The van der Waals surface area contributed by atoms with Gasteiger partial charge in [-0.3, -0.25) is 9.52 Å². The third kappa shape index (κ3) is 4.93. The van der Waals surface area contributed by atoms with Crippen LogP contribution in [-0.2, 0) is 16.6 Å². The molecule has 1 heterocycles. The molecule has 0 saturated heterocycles. The van der Waals surface area contributed by atoms with Crippen LogP contribution in [0.4, 0.5) is 10.1 Å². The lowest BCUT2D eigenvalue weighted by molar-refractivity contribution is 0.0782. The molecule has 3 aromatic rings. The number of anilines is 1. The highest BCUT2D eigenvalue weighted by molar-refractivity contribution is 7.92. The molecule has 3 rings (SSSR count). The van der Waals surface area contributed by atoms with Crippen molar-refractivity contribution in [1.82, 2.24) is 10.1 Å². The predicted octanol–water partition coefficient (Wildman–Crippen LogP) is 3.85. The second kappa shape index (κ2) is 8.22. The molecule has 0 unspecified atom stereocenters. The number of benzene rings is 2. The van der Waals surface area contributed by atoms with E-state index < -0.39 is 15.8 Å². The van der Waals surface area contributed by atoms with E-state index in [0.717, 1.165) is 24.3 Å². The van der Waals surface area contributed by atoms with Crippen LogP contribution in [0.25, 0.3) is 0 Å². The smallest absolute Gasteiger partial charge is 0.261 e. The van der Waals surface area contributed by atoms with Gasteiger partial charge in [0.2, 0.25) is 0 Å². The molecule has 2 aromatic carbocycles. The van der Waals surface area contributed by atoms with Gasteiger partial charge in [-0.15, -0.1) is 0 Å². The van der Waals surface area contributed by atoms with Gasteiger partial charge in [-0.25, -0.2) is 12.8 Å². The van der Waals surface area contributed by atoms with Crippen LogP contribution in [0.2, 0.25) is 5.02 Å². The Kier molecular flexibility index (Phi) is 5.90. The van der Waals surface area contributed by atoms with Gasteiger partial charge >= 0.3 is 0 Å². The van der Waals surface area contributed by atoms with Gasteiger partial charge in [0.05, 0.1) is 22.2 Å². The number of nitrogens with zero attached hydrogens (tertiary/aromatic N) is 2. The molecule has 152 valence electrons. The van der Waals surface area contributed by atoms with Gasteiger partial charge in [-0.1, -0.05) is 16.8 Å². The summed E-state index contributed by atoms with van der Waals surface area (Å²) in [5, 5.41) is 3.96. The average molecular weight is 438 g/mol. The Morgan fingerprint density at radius 1 is 1.21 bits per heavy atom. The number of carbonyl (C=O) groups excluding carboxylic acids is 1. The lowest BCUT2D eigenvalue weighted by Gasteiger charge is -2.17. The van der Waals surface area contributed by atoms with Gasteiger partial charge in [-0.05, 0) is 49.4 Å². The van der Waals surface area contributed by atoms with Crippen molar-refractivity contribution >= 4 is 33.2 Å². The minimum atomic E-state index is -4.01. The fourth-order valence-corrected chi connectivity index (χ4v) is 3.87. The Morgan fingerprint density at radius 3 is 2.52 bits per heavy atom. The quantitative estimate of drug-likeness (QED) is 0.632. The van der Waals surface area contributed by atoms with Crippen molar-refractivity contribution in [2.24, 2.45) is 0 Å². The first-order valence-electron chi connectivity index (χ1n) is 8.41. The number of sulfonamides is 1. The SMILES string of the molecule is Cc1cc(CN(C)C(=O)c2ccc(Cl)c(NS(=O)(=O)c3ccc(F)cc3)c2)no1. The molecule has 0 radical (unpaired) electrons. The maximum atomic E-state index is 13.1. The molecular formula is C19H17ClFN3O4S. The number of amides is 1. The number of hydrogen-bond acceptors (Lipinski definition) is 5. The molecule has 0 spiro atoms. The molecule has 1 amide bonds. The third-order valence-electron chi connectivity index (χ3n) is 4.00. The summed E-state index contributed by atoms with van der Waals surface area (Å²) >= 11 is 6.10. The number of aromatic nitrogens is 1. The molecule has 7 nitrogen and oxygen atoms in total. The Hall–Kier alpha value is -2.91. The second-order valence-electron chi connectivity index (χ2n) is 6.34. The highest BCUT2D eigenvalue weighted by Crippen LogP contribution is 2.26. The number of nitrogens with one attached hydrogen (secondary N) is 1. The monoisotopic (exact) mass is 437 g/mol. The van der Waals surface area contributed by atoms with Crippen LogP contribution >= 0.6 is 11.6 Å². The lowest BCUT2D eigenvalue weighted by Crippen LogP contribution is -2.26. The van der Waals surface area contributed by atoms with E-state index in [1.165, 1.54) is 23.1 Å². The molecule has 0 atom stereocenters. The molecule has 1 aromatic heterocycles. The van der Waals surface area contributed by atoms with Crippen molar-refractivity contribution in [3.8, 4) is 0 Å². The first kappa shape index (κ1) is 20.8. The largest absolute Gasteiger partial charge is 0.361 e. The minimum Gasteiger partial charge on any atom is -0.361 e. The molecule has 29 heavy (non-hydrogen) atoms. The van der Waals surface area contributed by atoms with E-state index in [-0.39, 0.29) is 33.6 Å². The summed E-state index contributed by atoms with van der Waals surface area (Å²) in [6.45, 7) is 1.96. The number of carbonyl (C=O) groups is 1. The summed E-state index contributed by atoms with van der Waals surface area (Å²) in [6.07, 6.45) is 0. The van der Waals surface area contributed by atoms with Crippen molar-refractivity contribution in [3.63, 3.8) is 0 Å². The predicted molar refractivity (Wildman–Crippen MR) is 106 cm³/mol. The van der Waals surface area contributed by atoms with Crippen LogP contribution in [0.5, 0.6) is 0 Å². The molecule has 10 heteroatoms. The van der Waals surface area contributed by atoms with E-state index in [4.69, 9.17) is 16.1 Å². The number of halogens is 2. The normalized spacial score (nSPS) is 11.3. The number of aryl methyl sites for hydroxylation is 1. The summed E-state index contributed by atoms with van der Waals surface area (Å²) in [7, 11) is -2.42. The zero-order valence-corrected chi connectivity index (χ0v) is 17.1. The van der Waals surface area contributed by atoms with Gasteiger partial charge in [0.25, 0.3) is 15.9 Å². The van der Waals surface area contributed by atoms with E-state index in [0.29, 0.717) is 11.5 Å². The van der Waals surface area contributed by atoms with Crippen molar-refractivity contribution in [1.29, 1.82) is 0 Å². The Bertz CT molecular complexity index is 1150. The zero-order valence-electron chi connectivity index (χ0n) is 15.5.